The van der Waals surface area contributed by atoms with Gasteiger partial charge in [0.15, 0.2) is 5.96 Å². The highest BCUT2D eigenvalue weighted by atomic mass is 127. The molecule has 1 aliphatic rings. The summed E-state index contributed by atoms with van der Waals surface area (Å²) in [6, 6.07) is 17.2. The third kappa shape index (κ3) is 8.14. The van der Waals surface area contributed by atoms with Crippen LogP contribution in [0.3, 0.4) is 0 Å². The van der Waals surface area contributed by atoms with Crippen LogP contribution in [-0.2, 0) is 19.5 Å². The molecule has 6 heteroatoms. The molecule has 0 atom stereocenters. The van der Waals surface area contributed by atoms with Crippen LogP contribution in [-0.4, -0.2) is 44.7 Å². The molecule has 164 valence electrons. The first-order valence-corrected chi connectivity index (χ1v) is 10.6. The third-order valence-electron chi connectivity index (χ3n) is 5.38. The summed E-state index contributed by atoms with van der Waals surface area (Å²) in [5, 5.41) is 6.80. The van der Waals surface area contributed by atoms with Crippen molar-refractivity contribution in [2.75, 3.05) is 33.8 Å². The second-order valence-electron chi connectivity index (χ2n) is 7.61. The highest BCUT2D eigenvalue weighted by molar-refractivity contribution is 14.0. The zero-order valence-corrected chi connectivity index (χ0v) is 20.5. The number of methoxy groups -OCH3 is 1. The normalized spacial score (nSPS) is 14.3. The molecule has 0 aromatic heterocycles. The fraction of sp³-hybridized carbons (Fsp3) is 0.458. The van der Waals surface area contributed by atoms with E-state index in [-0.39, 0.29) is 24.0 Å². The summed E-state index contributed by atoms with van der Waals surface area (Å²) in [5.74, 6) is 1.76. The highest BCUT2D eigenvalue weighted by Crippen LogP contribution is 2.14. The minimum absolute atomic E-state index is 0. The second kappa shape index (κ2) is 13.5. The number of aliphatic imine (C=N–C) groups is 1. The molecule has 1 saturated heterocycles. The van der Waals surface area contributed by atoms with E-state index < -0.39 is 0 Å². The lowest BCUT2D eigenvalue weighted by Crippen LogP contribution is -2.37. The first-order chi connectivity index (χ1) is 14.3. The first kappa shape index (κ1) is 24.5. The van der Waals surface area contributed by atoms with Crippen molar-refractivity contribution in [3.8, 4) is 5.75 Å². The Morgan fingerprint density at radius 1 is 1.00 bits per heavy atom. The molecule has 0 bridgehead atoms. The summed E-state index contributed by atoms with van der Waals surface area (Å²) in [6.45, 7) is 5.21. The van der Waals surface area contributed by atoms with E-state index in [2.05, 4.69) is 56.9 Å². The fourth-order valence-electron chi connectivity index (χ4n) is 3.70. The van der Waals surface area contributed by atoms with Gasteiger partial charge in [-0.05, 0) is 67.6 Å². The topological polar surface area (TPSA) is 48.9 Å². The molecule has 2 aromatic rings. The predicted molar refractivity (Wildman–Crippen MR) is 136 cm³/mol. The number of halogens is 1. The summed E-state index contributed by atoms with van der Waals surface area (Å²) in [6.07, 6.45) is 4.74. The molecule has 1 heterocycles. The zero-order chi connectivity index (χ0) is 20.3. The Bertz CT molecular complexity index is 773. The average Bonchev–Trinajstić information content (AvgIpc) is 3.27. The van der Waals surface area contributed by atoms with Gasteiger partial charge in [-0.15, -0.1) is 24.0 Å². The molecule has 2 N–H and O–H groups in total. The minimum Gasteiger partial charge on any atom is -0.497 e. The smallest absolute Gasteiger partial charge is 0.191 e. The van der Waals surface area contributed by atoms with Crippen molar-refractivity contribution < 1.29 is 4.74 Å². The number of guanidine groups is 1. The molecular formula is C24H35IN4O. The Morgan fingerprint density at radius 3 is 2.43 bits per heavy atom. The van der Waals surface area contributed by atoms with Crippen LogP contribution in [0.4, 0.5) is 0 Å². The molecule has 30 heavy (non-hydrogen) atoms. The third-order valence-corrected chi connectivity index (χ3v) is 5.38. The molecule has 1 fully saturated rings. The largest absolute Gasteiger partial charge is 0.497 e. The molecule has 0 radical (unpaired) electrons. The SMILES string of the molecule is CN=C(NCCCc1cccc(OC)c1)NCc1ccc(CN2CCCC2)cc1.I. The molecule has 0 unspecified atom stereocenters. The summed E-state index contributed by atoms with van der Waals surface area (Å²) >= 11 is 0. The fourth-order valence-corrected chi connectivity index (χ4v) is 3.70. The number of likely N-dealkylation sites (tertiary alicyclic amines) is 1. The molecule has 0 saturated carbocycles. The van der Waals surface area contributed by atoms with E-state index in [1.54, 1.807) is 7.11 Å². The van der Waals surface area contributed by atoms with Crippen molar-refractivity contribution in [2.45, 2.75) is 38.8 Å². The maximum absolute atomic E-state index is 5.28. The molecular weight excluding hydrogens is 487 g/mol. The van der Waals surface area contributed by atoms with E-state index in [4.69, 9.17) is 4.74 Å². The highest BCUT2D eigenvalue weighted by Gasteiger charge is 2.11. The molecule has 2 aromatic carbocycles. The van der Waals surface area contributed by atoms with E-state index >= 15 is 0 Å². The number of rotatable bonds is 9. The molecule has 5 nitrogen and oxygen atoms in total. The second-order valence-corrected chi connectivity index (χ2v) is 7.61. The van der Waals surface area contributed by atoms with Crippen LogP contribution in [0.5, 0.6) is 5.75 Å². The standard InChI is InChI=1S/C24H34N4O.HI/c1-25-24(26-14-6-8-20-7-5-9-23(17-20)29-2)27-18-21-10-12-22(13-11-21)19-28-15-3-4-16-28;/h5,7,9-13,17H,3-4,6,8,14-16,18-19H2,1-2H3,(H2,25,26,27);1H. The van der Waals surface area contributed by atoms with Gasteiger partial charge in [0.1, 0.15) is 5.75 Å². The van der Waals surface area contributed by atoms with Gasteiger partial charge in [0, 0.05) is 26.7 Å². The molecule has 0 spiro atoms. The first-order valence-electron chi connectivity index (χ1n) is 10.6. The molecule has 0 amide bonds. The lowest BCUT2D eigenvalue weighted by Gasteiger charge is -2.15. The van der Waals surface area contributed by atoms with Crippen LogP contribution in [0.15, 0.2) is 53.5 Å². The Labute approximate surface area is 198 Å². The van der Waals surface area contributed by atoms with Crippen LogP contribution >= 0.6 is 24.0 Å². The number of hydrogen-bond donors (Lipinski definition) is 2. The minimum atomic E-state index is 0. The van der Waals surface area contributed by atoms with E-state index in [1.807, 2.05) is 19.2 Å². The number of benzene rings is 2. The number of nitrogens with one attached hydrogen (secondary N) is 2. The van der Waals surface area contributed by atoms with Crippen molar-refractivity contribution in [3.63, 3.8) is 0 Å². The quantitative estimate of drug-likeness (QED) is 0.224. The van der Waals surface area contributed by atoms with Crippen molar-refractivity contribution in [3.05, 3.63) is 65.2 Å². The van der Waals surface area contributed by atoms with Crippen molar-refractivity contribution in [1.29, 1.82) is 0 Å². The van der Waals surface area contributed by atoms with Gasteiger partial charge in [-0.3, -0.25) is 9.89 Å². The van der Waals surface area contributed by atoms with Gasteiger partial charge >= 0.3 is 0 Å². The number of aryl methyl sites for hydroxylation is 1. The van der Waals surface area contributed by atoms with Gasteiger partial charge in [0.25, 0.3) is 0 Å². The van der Waals surface area contributed by atoms with E-state index in [0.717, 1.165) is 44.2 Å². The van der Waals surface area contributed by atoms with Crippen LogP contribution < -0.4 is 15.4 Å². The van der Waals surface area contributed by atoms with E-state index in [0.29, 0.717) is 0 Å². The maximum atomic E-state index is 5.28. The summed E-state index contributed by atoms with van der Waals surface area (Å²) in [7, 11) is 3.52. The van der Waals surface area contributed by atoms with Gasteiger partial charge in [-0.1, -0.05) is 36.4 Å². The number of ether oxygens (including phenoxy) is 1. The summed E-state index contributed by atoms with van der Waals surface area (Å²) in [5.41, 5.74) is 3.97. The lowest BCUT2D eigenvalue weighted by atomic mass is 10.1. The number of nitrogens with zero attached hydrogens (tertiary/aromatic N) is 2. The van der Waals surface area contributed by atoms with Crippen molar-refractivity contribution in [1.82, 2.24) is 15.5 Å². The van der Waals surface area contributed by atoms with Crippen LogP contribution in [0.1, 0.15) is 36.0 Å². The zero-order valence-electron chi connectivity index (χ0n) is 18.2. The van der Waals surface area contributed by atoms with E-state index in [9.17, 15) is 0 Å². The lowest BCUT2D eigenvalue weighted by molar-refractivity contribution is 0.331. The van der Waals surface area contributed by atoms with Gasteiger partial charge in [-0.2, -0.15) is 0 Å². The summed E-state index contributed by atoms with van der Waals surface area (Å²) in [4.78, 5) is 6.86. The Hall–Kier alpha value is -1.80. The Kier molecular flexibility index (Phi) is 11.0. The monoisotopic (exact) mass is 522 g/mol. The van der Waals surface area contributed by atoms with Gasteiger partial charge < -0.3 is 15.4 Å². The number of hydrogen-bond acceptors (Lipinski definition) is 3. The Balaban J connectivity index is 0.00000320. The average molecular weight is 522 g/mol. The predicted octanol–water partition coefficient (Wildman–Crippen LogP) is 4.21. The Morgan fingerprint density at radius 2 is 1.73 bits per heavy atom. The van der Waals surface area contributed by atoms with Crippen LogP contribution in [0.25, 0.3) is 0 Å². The molecule has 1 aliphatic heterocycles. The molecule has 3 rings (SSSR count). The van der Waals surface area contributed by atoms with Gasteiger partial charge in [-0.25, -0.2) is 0 Å². The van der Waals surface area contributed by atoms with Gasteiger partial charge in [0.05, 0.1) is 7.11 Å². The van der Waals surface area contributed by atoms with Crippen LogP contribution in [0, 0.1) is 0 Å². The maximum Gasteiger partial charge on any atom is 0.191 e. The summed E-state index contributed by atoms with van der Waals surface area (Å²) < 4.78 is 5.28. The van der Waals surface area contributed by atoms with Crippen molar-refractivity contribution >= 4 is 29.9 Å². The van der Waals surface area contributed by atoms with Crippen LogP contribution in [0.2, 0.25) is 0 Å². The van der Waals surface area contributed by atoms with Gasteiger partial charge in [0.2, 0.25) is 0 Å². The van der Waals surface area contributed by atoms with Crippen molar-refractivity contribution in [2.24, 2.45) is 4.99 Å². The van der Waals surface area contributed by atoms with E-state index in [1.165, 1.54) is 42.6 Å². The molecule has 0 aliphatic carbocycles.